The van der Waals surface area contributed by atoms with E-state index in [1.807, 2.05) is 0 Å². The molecule has 2 nitrogen and oxygen atoms in total. The highest BCUT2D eigenvalue weighted by Gasteiger charge is 2.44. The van der Waals surface area contributed by atoms with E-state index in [1.165, 1.54) is 25.0 Å². The van der Waals surface area contributed by atoms with E-state index in [4.69, 9.17) is 5.73 Å². The highest BCUT2D eigenvalue weighted by Crippen LogP contribution is 2.52. The van der Waals surface area contributed by atoms with E-state index in [9.17, 15) is 13.2 Å². The average Bonchev–Trinajstić information content (AvgIpc) is 3.39. The molecule has 3 N–H and O–H groups in total. The van der Waals surface area contributed by atoms with E-state index in [0.29, 0.717) is 18.6 Å². The second kappa shape index (κ2) is 6.68. The quantitative estimate of drug-likeness (QED) is 0.828. The predicted octanol–water partition coefficient (Wildman–Crippen LogP) is 4.51. The number of hydrogen-bond donors (Lipinski definition) is 2. The van der Waals surface area contributed by atoms with Crippen molar-refractivity contribution in [3.63, 3.8) is 0 Å². The van der Waals surface area contributed by atoms with Crippen molar-refractivity contribution in [3.05, 3.63) is 34.9 Å². The Morgan fingerprint density at radius 1 is 1.17 bits per heavy atom. The van der Waals surface area contributed by atoms with Gasteiger partial charge in [-0.2, -0.15) is 13.2 Å². The summed E-state index contributed by atoms with van der Waals surface area (Å²) in [5.41, 5.74) is 6.80. The molecule has 0 bridgehead atoms. The molecule has 0 unspecified atom stereocenters. The number of nitrogens with one attached hydrogen (secondary N) is 1. The Bertz CT molecular complexity index is 570. The molecule has 1 aromatic rings. The second-order valence-corrected chi connectivity index (χ2v) is 7.50. The molecule has 1 aromatic carbocycles. The maximum absolute atomic E-state index is 12.9. The Balaban J connectivity index is 0.000000370. The lowest BCUT2D eigenvalue weighted by Gasteiger charge is -2.20. The van der Waals surface area contributed by atoms with Crippen LogP contribution in [-0.2, 0) is 18.1 Å². The molecular weight excluding hydrogens is 313 g/mol. The van der Waals surface area contributed by atoms with Gasteiger partial charge in [0.25, 0.3) is 0 Å². The van der Waals surface area contributed by atoms with Gasteiger partial charge in [0.1, 0.15) is 0 Å². The molecule has 24 heavy (non-hydrogen) atoms. The van der Waals surface area contributed by atoms with Gasteiger partial charge in [-0.1, -0.05) is 13.0 Å². The first kappa shape index (κ1) is 17.7. The Kier molecular flexibility index (Phi) is 4.94. The molecule has 0 amide bonds. The van der Waals surface area contributed by atoms with Gasteiger partial charge in [0, 0.05) is 18.6 Å². The molecule has 0 spiro atoms. The molecule has 0 aromatic heterocycles. The zero-order chi connectivity index (χ0) is 17.4. The third kappa shape index (κ3) is 4.51. The molecule has 3 aliphatic rings. The smallest absolute Gasteiger partial charge is 0.328 e. The Morgan fingerprint density at radius 2 is 1.79 bits per heavy atom. The topological polar surface area (TPSA) is 38.0 Å². The molecule has 134 valence electrons. The van der Waals surface area contributed by atoms with Crippen molar-refractivity contribution in [2.45, 2.75) is 82.1 Å². The maximum Gasteiger partial charge on any atom is 0.416 e. The predicted molar refractivity (Wildman–Crippen MR) is 89.7 cm³/mol. The number of hydrogen-bond acceptors (Lipinski definition) is 2. The van der Waals surface area contributed by atoms with Crippen LogP contribution in [0.1, 0.15) is 68.6 Å². The van der Waals surface area contributed by atoms with Gasteiger partial charge in [-0.3, -0.25) is 0 Å². The van der Waals surface area contributed by atoms with Crippen LogP contribution in [0.2, 0.25) is 0 Å². The number of halogens is 3. The Hall–Kier alpha value is -1.07. The maximum atomic E-state index is 12.9. The summed E-state index contributed by atoms with van der Waals surface area (Å²) >= 11 is 0. The van der Waals surface area contributed by atoms with Crippen LogP contribution in [0.15, 0.2) is 18.2 Å². The van der Waals surface area contributed by atoms with Gasteiger partial charge in [-0.25, -0.2) is 0 Å². The summed E-state index contributed by atoms with van der Waals surface area (Å²) in [6.45, 7) is 2.69. The zero-order valence-corrected chi connectivity index (χ0v) is 14.3. The van der Waals surface area contributed by atoms with Crippen LogP contribution < -0.4 is 11.1 Å². The summed E-state index contributed by atoms with van der Waals surface area (Å²) in [5.74, 6) is 0. The Labute approximate surface area is 142 Å². The number of alkyl halides is 3. The van der Waals surface area contributed by atoms with Crippen molar-refractivity contribution in [3.8, 4) is 0 Å². The lowest BCUT2D eigenvalue weighted by atomic mass is 9.88. The first-order chi connectivity index (χ1) is 11.3. The first-order valence-electron chi connectivity index (χ1n) is 9.03. The summed E-state index contributed by atoms with van der Waals surface area (Å²) in [6, 6.07) is 5.39. The normalized spacial score (nSPS) is 21.9. The van der Waals surface area contributed by atoms with Gasteiger partial charge in [-0.15, -0.1) is 0 Å². The standard InChI is InChI=1S/C16H20F3N.C3H7N/c1-2-15(7-8-15)14-6-3-12(16(17,18)19)9-11(14)10-20-13-4-5-13;4-3-1-2-3/h3,6,9,13,20H,2,4-5,7-8,10H2,1H3;3H,1-2,4H2. The van der Waals surface area contributed by atoms with Crippen LogP contribution in [0.4, 0.5) is 13.2 Å². The molecule has 0 aliphatic heterocycles. The van der Waals surface area contributed by atoms with E-state index < -0.39 is 11.7 Å². The fraction of sp³-hybridized carbons (Fsp3) is 0.684. The molecular formula is C19H27F3N2. The molecule has 3 saturated carbocycles. The minimum Gasteiger partial charge on any atom is -0.328 e. The fourth-order valence-electron chi connectivity index (χ4n) is 3.04. The van der Waals surface area contributed by atoms with E-state index in [1.54, 1.807) is 6.07 Å². The first-order valence-corrected chi connectivity index (χ1v) is 9.03. The molecule has 4 rings (SSSR count). The van der Waals surface area contributed by atoms with Gasteiger partial charge < -0.3 is 11.1 Å². The lowest BCUT2D eigenvalue weighted by Crippen LogP contribution is -2.20. The summed E-state index contributed by atoms with van der Waals surface area (Å²) in [4.78, 5) is 0. The largest absolute Gasteiger partial charge is 0.416 e. The second-order valence-electron chi connectivity index (χ2n) is 7.50. The zero-order valence-electron chi connectivity index (χ0n) is 14.3. The monoisotopic (exact) mass is 340 g/mol. The highest BCUT2D eigenvalue weighted by molar-refractivity contribution is 5.41. The molecule has 5 heteroatoms. The van der Waals surface area contributed by atoms with Crippen molar-refractivity contribution in [2.75, 3.05) is 0 Å². The highest BCUT2D eigenvalue weighted by atomic mass is 19.4. The molecule has 3 fully saturated rings. The summed E-state index contributed by atoms with van der Waals surface area (Å²) in [5, 5.41) is 3.35. The van der Waals surface area contributed by atoms with Crippen LogP contribution >= 0.6 is 0 Å². The molecule has 3 aliphatic carbocycles. The third-order valence-corrected chi connectivity index (χ3v) is 5.31. The van der Waals surface area contributed by atoms with Crippen LogP contribution in [0.25, 0.3) is 0 Å². The molecule has 0 atom stereocenters. The van der Waals surface area contributed by atoms with Gasteiger partial charge in [0.05, 0.1) is 5.56 Å². The summed E-state index contributed by atoms with van der Waals surface area (Å²) < 4.78 is 38.7. The van der Waals surface area contributed by atoms with Crippen LogP contribution in [-0.4, -0.2) is 12.1 Å². The number of rotatable bonds is 5. The molecule has 0 saturated heterocycles. The number of nitrogens with two attached hydrogens (primary N) is 1. The van der Waals surface area contributed by atoms with Crippen LogP contribution in [0, 0.1) is 0 Å². The molecule has 0 radical (unpaired) electrons. The minimum atomic E-state index is -4.25. The summed E-state index contributed by atoms with van der Waals surface area (Å²) in [6.07, 6.45) is 3.78. The Morgan fingerprint density at radius 3 is 2.21 bits per heavy atom. The van der Waals surface area contributed by atoms with Crippen LogP contribution in [0.3, 0.4) is 0 Å². The lowest BCUT2D eigenvalue weighted by molar-refractivity contribution is -0.137. The summed E-state index contributed by atoms with van der Waals surface area (Å²) in [7, 11) is 0. The van der Waals surface area contributed by atoms with Gasteiger partial charge in [0.2, 0.25) is 0 Å². The van der Waals surface area contributed by atoms with Gasteiger partial charge in [-0.05, 0) is 73.6 Å². The van der Waals surface area contributed by atoms with Crippen molar-refractivity contribution in [2.24, 2.45) is 5.73 Å². The van der Waals surface area contributed by atoms with E-state index in [0.717, 1.165) is 43.2 Å². The van der Waals surface area contributed by atoms with Crippen LogP contribution in [0.5, 0.6) is 0 Å². The van der Waals surface area contributed by atoms with Crippen molar-refractivity contribution in [1.82, 2.24) is 5.32 Å². The average molecular weight is 340 g/mol. The van der Waals surface area contributed by atoms with E-state index in [2.05, 4.69) is 12.2 Å². The van der Waals surface area contributed by atoms with Crippen molar-refractivity contribution < 1.29 is 13.2 Å². The van der Waals surface area contributed by atoms with Gasteiger partial charge in [0.15, 0.2) is 0 Å². The van der Waals surface area contributed by atoms with Crippen molar-refractivity contribution >= 4 is 0 Å². The molecule has 0 heterocycles. The van der Waals surface area contributed by atoms with E-state index in [-0.39, 0.29) is 5.41 Å². The third-order valence-electron chi connectivity index (χ3n) is 5.31. The minimum absolute atomic E-state index is 0.144. The fourth-order valence-corrected chi connectivity index (χ4v) is 3.04. The van der Waals surface area contributed by atoms with Crippen molar-refractivity contribution in [1.29, 1.82) is 0 Å². The van der Waals surface area contributed by atoms with E-state index >= 15 is 0 Å². The SMILES string of the molecule is CCC1(c2ccc(C(F)(F)F)cc2CNC2CC2)CC1.NC1CC1. The number of benzene rings is 1. The van der Waals surface area contributed by atoms with Gasteiger partial charge >= 0.3 is 6.18 Å².